The lowest BCUT2D eigenvalue weighted by atomic mass is 10.3. The van der Waals surface area contributed by atoms with E-state index < -0.39 is 0 Å². The summed E-state index contributed by atoms with van der Waals surface area (Å²) in [6.07, 6.45) is 3.41. The molecule has 0 saturated heterocycles. The van der Waals surface area contributed by atoms with E-state index in [0.717, 1.165) is 25.9 Å². The lowest BCUT2D eigenvalue weighted by Crippen LogP contribution is -1.98. The highest BCUT2D eigenvalue weighted by Crippen LogP contribution is 1.96. The molecule has 11 heavy (non-hydrogen) atoms. The minimum atomic E-state index is -0.274. The SMILES string of the molecule is CCCCOCCCC(=O)Cl. The summed E-state index contributed by atoms with van der Waals surface area (Å²) in [6.45, 7) is 3.57. The molecule has 0 amide bonds. The van der Waals surface area contributed by atoms with Crippen LogP contribution in [0, 0.1) is 0 Å². The fourth-order valence-corrected chi connectivity index (χ4v) is 0.795. The summed E-state index contributed by atoms with van der Waals surface area (Å²) in [6, 6.07) is 0. The van der Waals surface area contributed by atoms with Crippen LogP contribution in [0.3, 0.4) is 0 Å². The van der Waals surface area contributed by atoms with Crippen LogP contribution in [0.1, 0.15) is 32.6 Å². The van der Waals surface area contributed by atoms with E-state index in [2.05, 4.69) is 6.92 Å². The number of unbranched alkanes of at least 4 members (excludes halogenated alkanes) is 1. The quantitative estimate of drug-likeness (QED) is 0.442. The number of halogens is 1. The molecule has 0 aromatic heterocycles. The molecule has 0 fully saturated rings. The van der Waals surface area contributed by atoms with Crippen molar-refractivity contribution in [3.8, 4) is 0 Å². The van der Waals surface area contributed by atoms with Crippen molar-refractivity contribution in [1.82, 2.24) is 0 Å². The Morgan fingerprint density at radius 3 is 2.55 bits per heavy atom. The van der Waals surface area contributed by atoms with Gasteiger partial charge >= 0.3 is 0 Å². The van der Waals surface area contributed by atoms with Crippen LogP contribution in [-0.2, 0) is 9.53 Å². The minimum Gasteiger partial charge on any atom is -0.381 e. The maximum atomic E-state index is 10.2. The summed E-state index contributed by atoms with van der Waals surface area (Å²) in [5.41, 5.74) is 0. The second kappa shape index (κ2) is 8.02. The second-order valence-electron chi connectivity index (χ2n) is 2.42. The summed E-state index contributed by atoms with van der Waals surface area (Å²) in [4.78, 5) is 10.2. The second-order valence-corrected chi connectivity index (χ2v) is 2.85. The predicted octanol–water partition coefficient (Wildman–Crippen LogP) is 2.35. The van der Waals surface area contributed by atoms with Crippen LogP contribution in [0.2, 0.25) is 0 Å². The third-order valence-corrected chi connectivity index (χ3v) is 1.49. The van der Waals surface area contributed by atoms with Crippen molar-refractivity contribution >= 4 is 16.8 Å². The topological polar surface area (TPSA) is 26.3 Å². The molecular weight excluding hydrogens is 164 g/mol. The van der Waals surface area contributed by atoms with Gasteiger partial charge in [0.05, 0.1) is 0 Å². The maximum absolute atomic E-state index is 10.2. The van der Waals surface area contributed by atoms with Crippen LogP contribution in [0.15, 0.2) is 0 Å². The highest BCUT2D eigenvalue weighted by Gasteiger charge is 1.94. The van der Waals surface area contributed by atoms with Gasteiger partial charge in [0.1, 0.15) is 0 Å². The first-order valence-corrected chi connectivity index (χ1v) is 4.41. The highest BCUT2D eigenvalue weighted by molar-refractivity contribution is 6.63. The van der Waals surface area contributed by atoms with Crippen LogP contribution in [-0.4, -0.2) is 18.5 Å². The van der Waals surface area contributed by atoms with Crippen molar-refractivity contribution in [2.24, 2.45) is 0 Å². The lowest BCUT2D eigenvalue weighted by Gasteiger charge is -2.00. The van der Waals surface area contributed by atoms with Gasteiger partial charge in [0.15, 0.2) is 0 Å². The number of hydrogen-bond donors (Lipinski definition) is 0. The molecule has 2 nitrogen and oxygen atoms in total. The van der Waals surface area contributed by atoms with Gasteiger partial charge in [0.2, 0.25) is 5.24 Å². The molecular formula is C8H15ClO2. The molecule has 0 N–H and O–H groups in total. The van der Waals surface area contributed by atoms with Crippen LogP contribution < -0.4 is 0 Å². The Balaban J connectivity index is 2.85. The van der Waals surface area contributed by atoms with Gasteiger partial charge in [0.25, 0.3) is 0 Å². The molecule has 0 radical (unpaired) electrons. The molecule has 0 aliphatic heterocycles. The Labute approximate surface area is 72.9 Å². The third kappa shape index (κ3) is 9.92. The van der Waals surface area contributed by atoms with Gasteiger partial charge in [-0.15, -0.1) is 0 Å². The Bertz CT molecular complexity index is 104. The van der Waals surface area contributed by atoms with E-state index in [4.69, 9.17) is 16.3 Å². The molecule has 3 heteroatoms. The van der Waals surface area contributed by atoms with E-state index in [1.165, 1.54) is 0 Å². The summed E-state index contributed by atoms with van der Waals surface area (Å²) in [7, 11) is 0. The lowest BCUT2D eigenvalue weighted by molar-refractivity contribution is -0.112. The predicted molar refractivity (Wildman–Crippen MR) is 45.8 cm³/mol. The van der Waals surface area contributed by atoms with Crippen molar-refractivity contribution in [1.29, 1.82) is 0 Å². The van der Waals surface area contributed by atoms with Crippen molar-refractivity contribution in [2.45, 2.75) is 32.6 Å². The molecule has 0 unspecified atom stereocenters. The van der Waals surface area contributed by atoms with E-state index in [1.54, 1.807) is 0 Å². The first kappa shape index (κ1) is 10.9. The van der Waals surface area contributed by atoms with E-state index >= 15 is 0 Å². The van der Waals surface area contributed by atoms with Crippen molar-refractivity contribution in [3.63, 3.8) is 0 Å². The number of ether oxygens (including phenoxy) is 1. The standard InChI is InChI=1S/C8H15ClO2/c1-2-3-6-11-7-4-5-8(9)10/h2-7H2,1H3. The fourth-order valence-electron chi connectivity index (χ4n) is 0.662. The smallest absolute Gasteiger partial charge is 0.221 e. The fraction of sp³-hybridized carbons (Fsp3) is 0.875. The Hall–Kier alpha value is -0.0800. The Kier molecular flexibility index (Phi) is 7.96. The molecule has 0 aliphatic rings. The molecule has 0 spiro atoms. The average molecular weight is 179 g/mol. The van der Waals surface area contributed by atoms with Crippen molar-refractivity contribution in [3.05, 3.63) is 0 Å². The highest BCUT2D eigenvalue weighted by atomic mass is 35.5. The van der Waals surface area contributed by atoms with E-state index in [9.17, 15) is 4.79 Å². The Morgan fingerprint density at radius 2 is 2.00 bits per heavy atom. The average Bonchev–Trinajstić information content (AvgIpc) is 1.96. The van der Waals surface area contributed by atoms with E-state index in [0.29, 0.717) is 13.0 Å². The van der Waals surface area contributed by atoms with Gasteiger partial charge in [-0.3, -0.25) is 4.79 Å². The van der Waals surface area contributed by atoms with Gasteiger partial charge in [-0.25, -0.2) is 0 Å². The Morgan fingerprint density at radius 1 is 1.36 bits per heavy atom. The van der Waals surface area contributed by atoms with Crippen molar-refractivity contribution in [2.75, 3.05) is 13.2 Å². The monoisotopic (exact) mass is 178 g/mol. The maximum Gasteiger partial charge on any atom is 0.221 e. The van der Waals surface area contributed by atoms with Gasteiger partial charge in [-0.05, 0) is 24.4 Å². The van der Waals surface area contributed by atoms with Gasteiger partial charge < -0.3 is 4.74 Å². The van der Waals surface area contributed by atoms with Crippen LogP contribution >= 0.6 is 11.6 Å². The summed E-state index contributed by atoms with van der Waals surface area (Å²) in [5, 5.41) is -0.274. The first-order chi connectivity index (χ1) is 5.27. The number of carbonyl (C=O) groups excluding carboxylic acids is 1. The van der Waals surface area contributed by atoms with Gasteiger partial charge in [-0.2, -0.15) is 0 Å². The molecule has 0 saturated carbocycles. The normalized spacial score (nSPS) is 10.0. The zero-order valence-electron chi connectivity index (χ0n) is 6.94. The molecule has 0 aromatic rings. The zero-order chi connectivity index (χ0) is 8.53. The third-order valence-electron chi connectivity index (χ3n) is 1.30. The molecule has 66 valence electrons. The number of carbonyl (C=O) groups is 1. The summed E-state index contributed by atoms with van der Waals surface area (Å²) in [5.74, 6) is 0. The number of hydrogen-bond acceptors (Lipinski definition) is 2. The van der Waals surface area contributed by atoms with Gasteiger partial charge in [-0.1, -0.05) is 13.3 Å². The summed E-state index contributed by atoms with van der Waals surface area (Å²) < 4.78 is 5.21. The molecule has 0 aromatic carbocycles. The molecule has 0 aliphatic carbocycles. The first-order valence-electron chi connectivity index (χ1n) is 4.03. The molecule has 0 rings (SSSR count). The van der Waals surface area contributed by atoms with E-state index in [1.807, 2.05) is 0 Å². The molecule has 0 heterocycles. The summed E-state index contributed by atoms with van der Waals surface area (Å²) >= 11 is 5.12. The molecule has 0 bridgehead atoms. The van der Waals surface area contributed by atoms with Crippen molar-refractivity contribution < 1.29 is 9.53 Å². The van der Waals surface area contributed by atoms with Crippen LogP contribution in [0.5, 0.6) is 0 Å². The van der Waals surface area contributed by atoms with E-state index in [-0.39, 0.29) is 5.24 Å². The number of rotatable bonds is 7. The minimum absolute atomic E-state index is 0.274. The van der Waals surface area contributed by atoms with Crippen LogP contribution in [0.25, 0.3) is 0 Å². The van der Waals surface area contributed by atoms with Crippen LogP contribution in [0.4, 0.5) is 0 Å². The van der Waals surface area contributed by atoms with Gasteiger partial charge in [0, 0.05) is 19.6 Å². The largest absolute Gasteiger partial charge is 0.381 e. The zero-order valence-corrected chi connectivity index (χ0v) is 7.69. The molecule has 0 atom stereocenters.